The molecule has 0 saturated heterocycles. The highest BCUT2D eigenvalue weighted by Gasteiger charge is 2.73. The molecule has 2 aromatic rings. The highest BCUT2D eigenvalue weighted by atomic mass is 35.5. The van der Waals surface area contributed by atoms with Gasteiger partial charge in [-0.2, -0.15) is 22.0 Å². The minimum Gasteiger partial charge on any atom is -0.226 e. The van der Waals surface area contributed by atoms with E-state index in [4.69, 9.17) is 46.4 Å². The van der Waals surface area contributed by atoms with Gasteiger partial charge in [-0.05, 0) is 6.07 Å². The first-order valence-electron chi connectivity index (χ1n) is 6.38. The van der Waals surface area contributed by atoms with Gasteiger partial charge in [0.25, 0.3) is 0 Å². The van der Waals surface area contributed by atoms with Crippen LogP contribution in [0, 0.1) is 0 Å². The summed E-state index contributed by atoms with van der Waals surface area (Å²) in [4.78, 5) is 0. The molecule has 0 aromatic heterocycles. The summed E-state index contributed by atoms with van der Waals surface area (Å²) in [6.45, 7) is 0. The molecule has 0 fully saturated rings. The van der Waals surface area contributed by atoms with Crippen LogP contribution in [0.1, 0.15) is 11.1 Å². The van der Waals surface area contributed by atoms with E-state index in [-0.39, 0.29) is 0 Å². The Morgan fingerprint density at radius 3 is 1.68 bits per heavy atom. The Hall–Kier alpha value is -0.820. The molecule has 0 nitrogen and oxygen atoms in total. The van der Waals surface area contributed by atoms with Crippen LogP contribution in [0.4, 0.5) is 26.3 Å². The molecule has 0 heterocycles. The molecule has 0 amide bonds. The van der Waals surface area contributed by atoms with Crippen LogP contribution in [0.5, 0.6) is 0 Å². The lowest BCUT2D eigenvalue weighted by Crippen LogP contribution is -2.53. The third-order valence-electron chi connectivity index (χ3n) is 3.43. The topological polar surface area (TPSA) is 0 Å². The molecule has 0 aliphatic rings. The molecule has 0 radical (unpaired) electrons. The molecule has 1 unspecified atom stereocenters. The summed E-state index contributed by atoms with van der Waals surface area (Å²) in [5.74, 6) is -5.84. The lowest BCUT2D eigenvalue weighted by Gasteiger charge is -2.36. The summed E-state index contributed by atoms with van der Waals surface area (Å²) < 4.78 is 83.0. The second-order valence-corrected chi connectivity index (χ2v) is 6.49. The quantitative estimate of drug-likeness (QED) is 0.260. The van der Waals surface area contributed by atoms with Gasteiger partial charge < -0.3 is 0 Å². The van der Waals surface area contributed by atoms with Crippen molar-refractivity contribution >= 4 is 46.4 Å². The molecule has 10 heteroatoms. The first-order chi connectivity index (χ1) is 11.4. The molecular weight excluding hydrogens is 436 g/mol. The predicted molar refractivity (Wildman–Crippen MR) is 85.8 cm³/mol. The number of benzene rings is 2. The van der Waals surface area contributed by atoms with Crippen molar-refractivity contribution in [2.24, 2.45) is 0 Å². The van der Waals surface area contributed by atoms with Crippen molar-refractivity contribution in [1.82, 2.24) is 0 Å². The van der Waals surface area contributed by atoms with E-state index < -0.39 is 49.0 Å². The Bertz CT molecular complexity index is 791. The number of halogens is 10. The fourth-order valence-corrected chi connectivity index (χ4v) is 3.12. The first-order valence-corrected chi connectivity index (χ1v) is 7.89. The van der Waals surface area contributed by atoms with Gasteiger partial charge in [0.1, 0.15) is 0 Å². The number of rotatable bonds is 3. The smallest absolute Gasteiger partial charge is 0.226 e. The van der Waals surface area contributed by atoms with Gasteiger partial charge in [0.15, 0.2) is 0 Å². The summed E-state index contributed by atoms with van der Waals surface area (Å²) in [5, 5.41) is -2.46. The fraction of sp³-hybridized carbons (Fsp3) is 0.200. The van der Waals surface area contributed by atoms with Crippen molar-refractivity contribution in [2.75, 3.05) is 0 Å². The van der Waals surface area contributed by atoms with E-state index in [0.29, 0.717) is 6.07 Å². The standard InChI is InChI=1S/C15H6Cl4F6/c16-9-6-8(10(17)12(19)11(9)18)13(20,7-4-2-1-3-5-7)14(21,22)15(23,24)25/h1-6H. The molecular formula is C15H6Cl4F6. The van der Waals surface area contributed by atoms with Gasteiger partial charge in [-0.15, -0.1) is 0 Å². The van der Waals surface area contributed by atoms with Gasteiger partial charge in [-0.3, -0.25) is 0 Å². The summed E-state index contributed by atoms with van der Waals surface area (Å²) >= 11 is 22.8. The Kier molecular flexibility index (Phi) is 5.51. The predicted octanol–water partition coefficient (Wildman–Crippen LogP) is 7.71. The van der Waals surface area contributed by atoms with Crippen LogP contribution in [0.2, 0.25) is 20.1 Å². The molecule has 0 saturated carbocycles. The summed E-state index contributed by atoms with van der Waals surface area (Å²) in [7, 11) is 0. The third kappa shape index (κ3) is 3.18. The monoisotopic (exact) mass is 440 g/mol. The minimum absolute atomic E-state index is 0.400. The zero-order valence-electron chi connectivity index (χ0n) is 11.7. The van der Waals surface area contributed by atoms with Crippen molar-refractivity contribution in [3.05, 3.63) is 67.6 Å². The molecule has 2 rings (SSSR count). The Labute approximate surface area is 158 Å². The van der Waals surface area contributed by atoms with Crippen LogP contribution in [0.15, 0.2) is 36.4 Å². The zero-order valence-corrected chi connectivity index (χ0v) is 14.8. The molecule has 0 spiro atoms. The Morgan fingerprint density at radius 1 is 0.680 bits per heavy atom. The van der Waals surface area contributed by atoms with E-state index in [2.05, 4.69) is 0 Å². The van der Waals surface area contributed by atoms with Crippen molar-refractivity contribution in [3.63, 3.8) is 0 Å². The van der Waals surface area contributed by atoms with E-state index in [9.17, 15) is 22.0 Å². The highest BCUT2D eigenvalue weighted by molar-refractivity contribution is 6.52. The normalized spacial score (nSPS) is 15.1. The van der Waals surface area contributed by atoms with E-state index in [1.54, 1.807) is 0 Å². The van der Waals surface area contributed by atoms with Crippen molar-refractivity contribution in [3.8, 4) is 0 Å². The van der Waals surface area contributed by atoms with Crippen molar-refractivity contribution in [2.45, 2.75) is 17.8 Å². The van der Waals surface area contributed by atoms with Crippen LogP contribution < -0.4 is 0 Å². The summed E-state index contributed by atoms with van der Waals surface area (Å²) in [5.41, 5.74) is -6.61. The number of hydrogen-bond acceptors (Lipinski definition) is 0. The molecule has 1 atom stereocenters. The van der Waals surface area contributed by atoms with E-state index in [1.165, 1.54) is 6.07 Å². The Morgan fingerprint density at radius 2 is 1.20 bits per heavy atom. The van der Waals surface area contributed by atoms with Gasteiger partial charge in [-0.1, -0.05) is 76.7 Å². The maximum absolute atomic E-state index is 15.6. The molecule has 0 N–H and O–H groups in total. The largest absolute Gasteiger partial charge is 0.457 e. The average Bonchev–Trinajstić information content (AvgIpc) is 2.55. The lowest BCUT2D eigenvalue weighted by atomic mass is 9.82. The molecule has 136 valence electrons. The molecule has 0 bridgehead atoms. The van der Waals surface area contributed by atoms with Crippen LogP contribution in [-0.2, 0) is 5.67 Å². The van der Waals surface area contributed by atoms with Gasteiger partial charge in [0, 0.05) is 11.1 Å². The van der Waals surface area contributed by atoms with E-state index >= 15 is 4.39 Å². The second kappa shape index (κ2) is 6.72. The lowest BCUT2D eigenvalue weighted by molar-refractivity contribution is -0.323. The fourth-order valence-electron chi connectivity index (χ4n) is 2.19. The maximum atomic E-state index is 15.6. The molecule has 0 aliphatic heterocycles. The summed E-state index contributed by atoms with van der Waals surface area (Å²) in [6, 6.07) is 5.56. The Balaban J connectivity index is 2.93. The zero-order chi connectivity index (χ0) is 19.2. The number of hydrogen-bond donors (Lipinski definition) is 0. The maximum Gasteiger partial charge on any atom is 0.457 e. The van der Waals surface area contributed by atoms with Gasteiger partial charge in [0.05, 0.1) is 20.1 Å². The van der Waals surface area contributed by atoms with Crippen LogP contribution in [0.25, 0.3) is 0 Å². The number of alkyl halides is 6. The van der Waals surface area contributed by atoms with Crippen molar-refractivity contribution in [1.29, 1.82) is 0 Å². The van der Waals surface area contributed by atoms with Crippen LogP contribution in [-0.4, -0.2) is 12.1 Å². The van der Waals surface area contributed by atoms with Crippen LogP contribution >= 0.6 is 46.4 Å². The SMILES string of the molecule is FC(F)(F)C(F)(F)C(F)(c1ccccc1)c1cc(Cl)c(Cl)c(Cl)c1Cl. The molecule has 25 heavy (non-hydrogen) atoms. The summed E-state index contributed by atoms with van der Waals surface area (Å²) in [6.07, 6.45) is -6.22. The first kappa shape index (κ1) is 20.5. The highest BCUT2D eigenvalue weighted by Crippen LogP contribution is 2.57. The van der Waals surface area contributed by atoms with Gasteiger partial charge >= 0.3 is 12.1 Å². The second-order valence-electron chi connectivity index (χ2n) is 4.94. The third-order valence-corrected chi connectivity index (χ3v) is 5.19. The van der Waals surface area contributed by atoms with Crippen LogP contribution in [0.3, 0.4) is 0 Å². The minimum atomic E-state index is -6.22. The van der Waals surface area contributed by atoms with Gasteiger partial charge in [-0.25, -0.2) is 4.39 Å². The van der Waals surface area contributed by atoms with Gasteiger partial charge in [0.2, 0.25) is 5.67 Å². The molecule has 2 aromatic carbocycles. The van der Waals surface area contributed by atoms with E-state index in [1.807, 2.05) is 0 Å². The molecule has 0 aliphatic carbocycles. The average molecular weight is 442 g/mol. The van der Waals surface area contributed by atoms with E-state index in [0.717, 1.165) is 24.3 Å². The van der Waals surface area contributed by atoms with Crippen molar-refractivity contribution < 1.29 is 26.3 Å².